The predicted molar refractivity (Wildman–Crippen MR) is 20.2 cm³/mol. The Labute approximate surface area is 85.0 Å². The van der Waals surface area contributed by atoms with E-state index in [9.17, 15) is 0 Å². The van der Waals surface area contributed by atoms with Crippen LogP contribution in [0.4, 0.5) is 0 Å². The van der Waals surface area contributed by atoms with Gasteiger partial charge in [0.15, 0.2) is 0 Å². The molecular weight excluding hydrogens is 229 g/mol. The van der Waals surface area contributed by atoms with Crippen molar-refractivity contribution in [2.24, 2.45) is 5.90 Å². The van der Waals surface area contributed by atoms with E-state index in [0.29, 0.717) is 0 Å². The second-order valence-electron chi connectivity index (χ2n) is 0.448. The van der Waals surface area contributed by atoms with Gasteiger partial charge in [0.2, 0.25) is 0 Å². The van der Waals surface area contributed by atoms with Crippen molar-refractivity contribution in [3.8, 4) is 0 Å². The summed E-state index contributed by atoms with van der Waals surface area (Å²) in [6.45, 7) is 0. The van der Waals surface area contributed by atoms with Crippen molar-refractivity contribution in [1.82, 2.24) is 0 Å². The molecule has 0 unspecified atom stereocenters. The molecule has 0 rings (SSSR count). The molecule has 0 heterocycles. The van der Waals surface area contributed by atoms with Crippen molar-refractivity contribution in [1.29, 1.82) is 0 Å². The van der Waals surface area contributed by atoms with Crippen LogP contribution in [0.25, 0.3) is 0 Å². The topological polar surface area (TPSA) is 121 Å². The van der Waals surface area contributed by atoms with Gasteiger partial charge in [-0.2, -0.15) is 8.42 Å². The predicted octanol–water partition coefficient (Wildman–Crippen LogP) is -7.31. The van der Waals surface area contributed by atoms with Crippen LogP contribution in [0.5, 0.6) is 0 Å². The summed E-state index contributed by atoms with van der Waals surface area (Å²) >= 11 is 0. The minimum Gasteiger partial charge on any atom is -1.00 e. The first-order valence-corrected chi connectivity index (χ1v) is 2.35. The first-order valence-electron chi connectivity index (χ1n) is 0.957. The molecule has 9 heteroatoms. The molecule has 0 aromatic heterocycles. The van der Waals surface area contributed by atoms with Crippen molar-refractivity contribution in [2.45, 2.75) is 0 Å². The van der Waals surface area contributed by atoms with Gasteiger partial charge in [-0.05, 0) is 0 Å². The summed E-state index contributed by atoms with van der Waals surface area (Å²) < 4.78 is 31.6. The molecule has 0 spiro atoms. The van der Waals surface area contributed by atoms with E-state index >= 15 is 0 Å². The van der Waals surface area contributed by atoms with Crippen LogP contribution < -0.4 is 52.4 Å². The van der Waals surface area contributed by atoms with Gasteiger partial charge < -0.3 is 22.2 Å². The van der Waals surface area contributed by atoms with Gasteiger partial charge in [-0.15, -0.1) is 0 Å². The Kier molecular flexibility index (Phi) is 29.9. The van der Waals surface area contributed by atoms with Crippen LogP contribution in [0.15, 0.2) is 0 Å². The van der Waals surface area contributed by atoms with Crippen LogP contribution in [-0.2, 0) is 10.4 Å². The number of rotatable bonds is 0. The molecular formula is H5BrNNaO5S. The second-order valence-corrected chi connectivity index (χ2v) is 1.34. The first kappa shape index (κ1) is 22.4. The fourth-order valence-corrected chi connectivity index (χ4v) is 0. The maximum absolute atomic E-state index is 8.74. The third-order valence-electron chi connectivity index (χ3n) is 0. The summed E-state index contributed by atoms with van der Waals surface area (Å²) in [6, 6.07) is 0. The van der Waals surface area contributed by atoms with Crippen molar-refractivity contribution in [3.63, 3.8) is 0 Å². The molecule has 0 saturated heterocycles. The van der Waals surface area contributed by atoms with E-state index in [4.69, 9.17) is 22.7 Å². The van der Waals surface area contributed by atoms with Gasteiger partial charge in [-0.1, -0.05) is 0 Å². The molecule has 0 fully saturated rings. The Balaban J connectivity index is -0.0000000286. The largest absolute Gasteiger partial charge is 1.00 e. The molecule has 0 radical (unpaired) electrons. The number of hydrogen-bond donors (Lipinski definition) is 4. The Bertz CT molecular complexity index is 100. The van der Waals surface area contributed by atoms with Crippen molar-refractivity contribution < 1.29 is 69.3 Å². The van der Waals surface area contributed by atoms with E-state index in [0.717, 1.165) is 0 Å². The van der Waals surface area contributed by atoms with Crippen LogP contribution in [0.2, 0.25) is 0 Å². The van der Waals surface area contributed by atoms with E-state index in [-0.39, 0.29) is 46.5 Å². The maximum atomic E-state index is 8.74. The van der Waals surface area contributed by atoms with E-state index in [1.54, 1.807) is 0 Å². The molecule has 0 atom stereocenters. The molecule has 0 aliphatic heterocycles. The van der Waals surface area contributed by atoms with E-state index in [1.807, 2.05) is 0 Å². The molecule has 0 bridgehead atoms. The van der Waals surface area contributed by atoms with Gasteiger partial charge in [0.05, 0.1) is 0 Å². The summed E-state index contributed by atoms with van der Waals surface area (Å²) in [5.74, 6) is 3.50. The van der Waals surface area contributed by atoms with Gasteiger partial charge in [0, 0.05) is 0 Å². The van der Waals surface area contributed by atoms with Gasteiger partial charge in [-0.3, -0.25) is 9.11 Å². The Morgan fingerprint density at radius 3 is 1.11 bits per heavy atom. The van der Waals surface area contributed by atoms with Crippen LogP contribution in [-0.4, -0.2) is 22.7 Å². The SMILES string of the molecule is NO.O=S(=O)(O)O.[Br-].[Na+]. The van der Waals surface area contributed by atoms with Crippen LogP contribution in [0.3, 0.4) is 0 Å². The van der Waals surface area contributed by atoms with Gasteiger partial charge >= 0.3 is 40.0 Å². The van der Waals surface area contributed by atoms with Gasteiger partial charge in [0.1, 0.15) is 0 Å². The second kappa shape index (κ2) is 12.0. The molecule has 0 aromatic carbocycles. The Hall–Kier alpha value is 1.27. The van der Waals surface area contributed by atoms with Gasteiger partial charge in [-0.25, -0.2) is 5.90 Å². The summed E-state index contributed by atoms with van der Waals surface area (Å²) in [7, 11) is -4.67. The molecule has 0 saturated carbocycles. The molecule has 6 nitrogen and oxygen atoms in total. The monoisotopic (exact) mass is 233 g/mol. The third-order valence-corrected chi connectivity index (χ3v) is 0. The zero-order chi connectivity index (χ0) is 6.50. The first-order chi connectivity index (χ1) is 3.00. The third kappa shape index (κ3) is 304. The van der Waals surface area contributed by atoms with Crippen LogP contribution >= 0.6 is 0 Å². The molecule has 9 heavy (non-hydrogen) atoms. The van der Waals surface area contributed by atoms with E-state index < -0.39 is 10.4 Å². The summed E-state index contributed by atoms with van der Waals surface area (Å²) in [4.78, 5) is 0. The maximum Gasteiger partial charge on any atom is 1.00 e. The summed E-state index contributed by atoms with van der Waals surface area (Å²) in [5.41, 5.74) is 0. The van der Waals surface area contributed by atoms with Gasteiger partial charge in [0.25, 0.3) is 0 Å². The standard InChI is InChI=1S/BrH.H3NO.Na.H2O4S/c;1-2;;1-5(2,3)4/h1H;2H,1H2;;(H2,1,2,3,4)/q;;+1;/p-1. The molecule has 0 aromatic rings. The molecule has 0 aliphatic carbocycles. The number of hydrogen-bond acceptors (Lipinski definition) is 4. The summed E-state index contributed by atoms with van der Waals surface area (Å²) in [5, 5.41) is 6.50. The van der Waals surface area contributed by atoms with Crippen LogP contribution in [0.1, 0.15) is 0 Å². The zero-order valence-corrected chi connectivity index (χ0v) is 8.92. The Morgan fingerprint density at radius 2 is 1.11 bits per heavy atom. The number of nitrogens with two attached hydrogens (primary N) is 1. The fourth-order valence-electron chi connectivity index (χ4n) is 0. The van der Waals surface area contributed by atoms with Crippen molar-refractivity contribution in [2.75, 3.05) is 0 Å². The molecule has 0 aliphatic rings. The summed E-state index contributed by atoms with van der Waals surface area (Å²) in [6.07, 6.45) is 0. The quantitative estimate of drug-likeness (QED) is 0.188. The molecule has 0 amide bonds. The van der Waals surface area contributed by atoms with E-state index in [2.05, 4.69) is 5.90 Å². The normalized spacial score (nSPS) is 7.11. The van der Waals surface area contributed by atoms with E-state index in [1.165, 1.54) is 0 Å². The van der Waals surface area contributed by atoms with Crippen LogP contribution in [0, 0.1) is 0 Å². The Morgan fingerprint density at radius 1 is 1.11 bits per heavy atom. The average molecular weight is 234 g/mol. The van der Waals surface area contributed by atoms with Crippen molar-refractivity contribution >= 4 is 10.4 Å². The number of halogens is 1. The zero-order valence-electron chi connectivity index (χ0n) is 4.52. The molecule has 54 valence electrons. The fraction of sp³-hybridized carbons (Fsp3) is 0. The molecule has 5 N–H and O–H groups in total. The average Bonchev–Trinajstić information content (AvgIpc) is 1.36. The van der Waals surface area contributed by atoms with Crippen molar-refractivity contribution in [3.05, 3.63) is 0 Å². The minimum atomic E-state index is -4.67. The smallest absolute Gasteiger partial charge is 1.00 e. The minimum absolute atomic E-state index is 0.